The fourth-order valence-corrected chi connectivity index (χ4v) is 2.96. The number of H-pyrrole nitrogens is 1. The molecule has 3 N–H and O–H groups in total. The zero-order chi connectivity index (χ0) is 13.9. The van der Waals surface area contributed by atoms with E-state index in [-0.39, 0.29) is 5.54 Å². The van der Waals surface area contributed by atoms with Crippen LogP contribution in [0, 0.1) is 0 Å². The Labute approximate surface area is 124 Å². The lowest BCUT2D eigenvalue weighted by atomic mass is 10.2. The fraction of sp³-hybridized carbons (Fsp3) is 0.385. The van der Waals surface area contributed by atoms with Crippen molar-refractivity contribution in [1.29, 1.82) is 0 Å². The SMILES string of the molecule is CC1(n2ccc3c2N(c2cc(Br)[nH]n2)CN=C3N)CC1. The summed E-state index contributed by atoms with van der Waals surface area (Å²) in [6, 6.07) is 4.00. The van der Waals surface area contributed by atoms with Gasteiger partial charge in [-0.3, -0.25) is 10.00 Å². The number of nitrogens with two attached hydrogens (primary N) is 1. The summed E-state index contributed by atoms with van der Waals surface area (Å²) in [5.41, 5.74) is 7.24. The maximum Gasteiger partial charge on any atom is 0.158 e. The third-order valence-electron chi connectivity index (χ3n) is 4.14. The van der Waals surface area contributed by atoms with Crippen LogP contribution in [0.15, 0.2) is 27.9 Å². The molecule has 3 heterocycles. The lowest BCUT2D eigenvalue weighted by molar-refractivity contribution is 0.533. The zero-order valence-electron chi connectivity index (χ0n) is 11.1. The van der Waals surface area contributed by atoms with Crippen molar-refractivity contribution in [3.05, 3.63) is 28.5 Å². The molecule has 2 aromatic rings. The van der Waals surface area contributed by atoms with Gasteiger partial charge in [-0.05, 0) is 41.8 Å². The van der Waals surface area contributed by atoms with E-state index in [1.54, 1.807) is 0 Å². The lowest BCUT2D eigenvalue weighted by Crippen LogP contribution is -2.32. The second-order valence-corrected chi connectivity index (χ2v) is 6.46. The first-order chi connectivity index (χ1) is 9.58. The van der Waals surface area contributed by atoms with Gasteiger partial charge in [0.15, 0.2) is 5.82 Å². The van der Waals surface area contributed by atoms with Crippen molar-refractivity contribution in [3.63, 3.8) is 0 Å². The largest absolute Gasteiger partial charge is 0.383 e. The maximum atomic E-state index is 6.04. The molecule has 1 aliphatic heterocycles. The van der Waals surface area contributed by atoms with Gasteiger partial charge >= 0.3 is 0 Å². The van der Waals surface area contributed by atoms with E-state index in [4.69, 9.17) is 5.73 Å². The summed E-state index contributed by atoms with van der Waals surface area (Å²) in [6.45, 7) is 2.77. The van der Waals surface area contributed by atoms with Crippen molar-refractivity contribution in [2.45, 2.75) is 25.3 Å². The van der Waals surface area contributed by atoms with E-state index in [1.165, 1.54) is 12.8 Å². The van der Waals surface area contributed by atoms with Crippen LogP contribution >= 0.6 is 15.9 Å². The Morgan fingerprint density at radius 2 is 2.25 bits per heavy atom. The number of hydrogen-bond donors (Lipinski definition) is 2. The molecule has 0 atom stereocenters. The van der Waals surface area contributed by atoms with Gasteiger partial charge in [0.2, 0.25) is 0 Å². The van der Waals surface area contributed by atoms with Crippen molar-refractivity contribution in [2.24, 2.45) is 10.7 Å². The van der Waals surface area contributed by atoms with Gasteiger partial charge < -0.3 is 10.3 Å². The number of nitrogens with zero attached hydrogens (tertiary/aromatic N) is 4. The molecule has 0 aromatic carbocycles. The van der Waals surface area contributed by atoms with Gasteiger partial charge in [-0.15, -0.1) is 0 Å². The minimum Gasteiger partial charge on any atom is -0.383 e. The van der Waals surface area contributed by atoms with E-state index in [2.05, 4.69) is 53.7 Å². The Morgan fingerprint density at radius 1 is 1.45 bits per heavy atom. The molecule has 2 aliphatic rings. The van der Waals surface area contributed by atoms with Crippen LogP contribution in [-0.2, 0) is 5.54 Å². The molecule has 4 rings (SSSR count). The quantitative estimate of drug-likeness (QED) is 0.884. The summed E-state index contributed by atoms with van der Waals surface area (Å²) in [5, 5.41) is 7.23. The third-order valence-corrected chi connectivity index (χ3v) is 4.54. The molecular formula is C13H15BrN6. The summed E-state index contributed by atoms with van der Waals surface area (Å²) >= 11 is 3.40. The predicted molar refractivity (Wildman–Crippen MR) is 81.3 cm³/mol. The molecule has 0 amide bonds. The van der Waals surface area contributed by atoms with Crippen molar-refractivity contribution in [2.75, 3.05) is 11.6 Å². The normalized spacial score (nSPS) is 19.7. The second-order valence-electron chi connectivity index (χ2n) is 5.61. The van der Waals surface area contributed by atoms with Crippen molar-refractivity contribution in [3.8, 4) is 0 Å². The summed E-state index contributed by atoms with van der Waals surface area (Å²) in [4.78, 5) is 6.49. The molecule has 1 aliphatic carbocycles. The maximum absolute atomic E-state index is 6.04. The number of aromatic nitrogens is 3. The lowest BCUT2D eigenvalue weighted by Gasteiger charge is -2.29. The number of aromatic amines is 1. The Hall–Kier alpha value is -1.76. The van der Waals surface area contributed by atoms with Crippen LogP contribution in [0.1, 0.15) is 25.3 Å². The number of amidine groups is 1. The van der Waals surface area contributed by atoms with Gasteiger partial charge in [-0.2, -0.15) is 5.10 Å². The van der Waals surface area contributed by atoms with E-state index in [1.807, 2.05) is 12.1 Å². The smallest absolute Gasteiger partial charge is 0.158 e. The molecule has 20 heavy (non-hydrogen) atoms. The van der Waals surface area contributed by atoms with Crippen LogP contribution < -0.4 is 10.6 Å². The van der Waals surface area contributed by atoms with Crippen molar-refractivity contribution in [1.82, 2.24) is 14.8 Å². The first-order valence-electron chi connectivity index (χ1n) is 6.59. The summed E-state index contributed by atoms with van der Waals surface area (Å²) in [6.07, 6.45) is 4.51. The molecular weight excluding hydrogens is 320 g/mol. The van der Waals surface area contributed by atoms with Crippen LogP contribution in [0.5, 0.6) is 0 Å². The van der Waals surface area contributed by atoms with Gasteiger partial charge in [0, 0.05) is 17.8 Å². The monoisotopic (exact) mass is 334 g/mol. The highest BCUT2D eigenvalue weighted by Crippen LogP contribution is 2.47. The number of halogens is 1. The van der Waals surface area contributed by atoms with Crippen LogP contribution in [0.2, 0.25) is 0 Å². The van der Waals surface area contributed by atoms with Gasteiger partial charge in [0.05, 0.1) is 5.56 Å². The predicted octanol–water partition coefficient (Wildman–Crippen LogP) is 2.30. The average molecular weight is 335 g/mol. The Morgan fingerprint density at radius 3 is 2.90 bits per heavy atom. The van der Waals surface area contributed by atoms with Gasteiger partial charge in [-0.25, -0.2) is 4.99 Å². The molecule has 7 heteroatoms. The topological polar surface area (TPSA) is 75.2 Å². The standard InChI is InChI=1S/C13H15BrN6/c1-13(3-4-13)20-5-2-8-11(15)16-7-19(12(8)20)10-6-9(14)17-18-10/h2,5-6H,3-4,7H2,1H3,(H2,15,16)(H,17,18). The first-order valence-corrected chi connectivity index (χ1v) is 7.38. The fourth-order valence-electron chi connectivity index (χ4n) is 2.66. The molecule has 104 valence electrons. The number of fused-ring (bicyclic) bond motifs is 1. The summed E-state index contributed by atoms with van der Waals surface area (Å²) < 4.78 is 3.17. The Kier molecular flexibility index (Phi) is 2.33. The Balaban J connectivity index is 1.88. The number of hydrogen-bond acceptors (Lipinski definition) is 4. The highest BCUT2D eigenvalue weighted by molar-refractivity contribution is 9.10. The highest BCUT2D eigenvalue weighted by atomic mass is 79.9. The summed E-state index contributed by atoms with van der Waals surface area (Å²) in [7, 11) is 0. The van der Waals surface area contributed by atoms with E-state index in [9.17, 15) is 0 Å². The van der Waals surface area contributed by atoms with Gasteiger partial charge in [0.25, 0.3) is 0 Å². The summed E-state index contributed by atoms with van der Waals surface area (Å²) in [5.74, 6) is 2.55. The third kappa shape index (κ3) is 1.62. The molecule has 2 aromatic heterocycles. The van der Waals surface area contributed by atoms with Crippen LogP contribution in [0.3, 0.4) is 0 Å². The molecule has 0 unspecified atom stereocenters. The molecule has 0 spiro atoms. The second kappa shape index (κ2) is 3.88. The van der Waals surface area contributed by atoms with Crippen molar-refractivity contribution >= 4 is 33.4 Å². The number of rotatable bonds is 2. The van der Waals surface area contributed by atoms with Crippen LogP contribution in [0.25, 0.3) is 0 Å². The van der Waals surface area contributed by atoms with E-state index in [0.29, 0.717) is 12.5 Å². The van der Waals surface area contributed by atoms with Crippen LogP contribution in [-0.4, -0.2) is 27.3 Å². The number of aliphatic imine (C=N–C) groups is 1. The minimum atomic E-state index is 0.205. The molecule has 6 nitrogen and oxygen atoms in total. The van der Waals surface area contributed by atoms with Crippen molar-refractivity contribution < 1.29 is 0 Å². The Bertz CT molecular complexity index is 708. The van der Waals surface area contributed by atoms with E-state index < -0.39 is 0 Å². The van der Waals surface area contributed by atoms with E-state index >= 15 is 0 Å². The molecule has 0 bridgehead atoms. The zero-order valence-corrected chi connectivity index (χ0v) is 12.7. The number of nitrogens with one attached hydrogen (secondary N) is 1. The van der Waals surface area contributed by atoms with E-state index in [0.717, 1.165) is 21.8 Å². The molecule has 1 fully saturated rings. The highest BCUT2D eigenvalue weighted by Gasteiger charge is 2.42. The van der Waals surface area contributed by atoms with Gasteiger partial charge in [0.1, 0.15) is 22.9 Å². The average Bonchev–Trinajstić information content (AvgIpc) is 2.88. The number of anilines is 2. The molecule has 1 saturated carbocycles. The van der Waals surface area contributed by atoms with Gasteiger partial charge in [-0.1, -0.05) is 0 Å². The van der Waals surface area contributed by atoms with Crippen LogP contribution in [0.4, 0.5) is 11.6 Å². The minimum absolute atomic E-state index is 0.205. The molecule has 0 saturated heterocycles. The molecule has 0 radical (unpaired) electrons. The first kappa shape index (κ1) is 12.0.